The first-order chi connectivity index (χ1) is 12.1. The highest BCUT2D eigenvalue weighted by molar-refractivity contribution is 9.10. The fourth-order valence-electron chi connectivity index (χ4n) is 2.63. The van der Waals surface area contributed by atoms with Crippen molar-refractivity contribution in [2.24, 2.45) is 0 Å². The molecule has 1 heterocycles. The second-order valence-electron chi connectivity index (χ2n) is 5.62. The van der Waals surface area contributed by atoms with Gasteiger partial charge in [-0.15, -0.1) is 0 Å². The van der Waals surface area contributed by atoms with Crippen molar-refractivity contribution >= 4 is 39.2 Å². The predicted octanol–water partition coefficient (Wildman–Crippen LogP) is 3.85. The number of ether oxygens (including phenoxy) is 1. The highest BCUT2D eigenvalue weighted by atomic mass is 79.9. The van der Waals surface area contributed by atoms with Gasteiger partial charge in [0.15, 0.2) is 0 Å². The summed E-state index contributed by atoms with van der Waals surface area (Å²) in [6.07, 6.45) is 1.47. The third-order valence-corrected chi connectivity index (χ3v) is 4.40. The Hall–Kier alpha value is -2.60. The molecule has 6 heteroatoms. The Morgan fingerprint density at radius 3 is 2.60 bits per heavy atom. The minimum atomic E-state index is -0.398. The van der Waals surface area contributed by atoms with Crippen LogP contribution in [0.2, 0.25) is 0 Å². The van der Waals surface area contributed by atoms with Crippen molar-refractivity contribution < 1.29 is 14.3 Å². The second-order valence-corrected chi connectivity index (χ2v) is 6.53. The van der Waals surface area contributed by atoms with Gasteiger partial charge in [0, 0.05) is 16.2 Å². The summed E-state index contributed by atoms with van der Waals surface area (Å²) < 4.78 is 5.69. The molecular formula is C19H17BrN2O3. The Kier molecular flexibility index (Phi) is 5.19. The van der Waals surface area contributed by atoms with Crippen LogP contribution in [0.25, 0.3) is 0 Å². The van der Waals surface area contributed by atoms with E-state index in [0.717, 1.165) is 21.4 Å². The third kappa shape index (κ3) is 4.09. The summed E-state index contributed by atoms with van der Waals surface area (Å²) in [4.78, 5) is 26.1. The van der Waals surface area contributed by atoms with E-state index in [9.17, 15) is 9.59 Å². The molecular weight excluding hydrogens is 384 g/mol. The smallest absolute Gasteiger partial charge is 0.311 e. The van der Waals surface area contributed by atoms with Crippen LogP contribution in [0.3, 0.4) is 0 Å². The average Bonchev–Trinajstić information content (AvgIpc) is 2.73. The maximum absolute atomic E-state index is 12.8. The van der Waals surface area contributed by atoms with Crippen molar-refractivity contribution in [2.75, 3.05) is 17.3 Å². The Bertz CT molecular complexity index is 831. The zero-order valence-corrected chi connectivity index (χ0v) is 15.2. The van der Waals surface area contributed by atoms with E-state index in [1.165, 1.54) is 13.2 Å². The van der Waals surface area contributed by atoms with Crippen molar-refractivity contribution in [1.29, 1.82) is 0 Å². The molecule has 0 aromatic heterocycles. The number of anilines is 2. The Balaban J connectivity index is 1.94. The average molecular weight is 401 g/mol. The number of benzene rings is 2. The molecule has 1 N–H and O–H groups in total. The van der Waals surface area contributed by atoms with Gasteiger partial charge >= 0.3 is 5.97 Å². The predicted molar refractivity (Wildman–Crippen MR) is 100 cm³/mol. The van der Waals surface area contributed by atoms with E-state index in [2.05, 4.69) is 21.2 Å². The van der Waals surface area contributed by atoms with Crippen LogP contribution in [0.4, 0.5) is 11.4 Å². The number of fused-ring (bicyclic) bond motifs is 1. The number of para-hydroxylation sites is 2. The Morgan fingerprint density at radius 1 is 1.16 bits per heavy atom. The molecule has 1 amide bonds. The van der Waals surface area contributed by atoms with Gasteiger partial charge in [-0.1, -0.05) is 40.2 Å². The van der Waals surface area contributed by atoms with Crippen LogP contribution in [0.15, 0.2) is 64.8 Å². The molecule has 2 aromatic carbocycles. The van der Waals surface area contributed by atoms with Gasteiger partial charge in [-0.3, -0.25) is 9.59 Å². The minimum absolute atomic E-state index is 0.0166. The number of carbonyl (C=O) groups is 2. The fraction of sp³-hybridized carbons (Fsp3) is 0.158. The van der Waals surface area contributed by atoms with Crippen LogP contribution in [0.5, 0.6) is 0 Å². The summed E-state index contributed by atoms with van der Waals surface area (Å²) in [6.45, 7) is 0.437. The van der Waals surface area contributed by atoms with Gasteiger partial charge in [0.25, 0.3) is 5.91 Å². The topological polar surface area (TPSA) is 58.6 Å². The lowest BCUT2D eigenvalue weighted by molar-refractivity contribution is -0.139. The number of esters is 1. The van der Waals surface area contributed by atoms with Crippen LogP contribution in [0, 0.1) is 0 Å². The summed E-state index contributed by atoms with van der Waals surface area (Å²) >= 11 is 3.41. The van der Waals surface area contributed by atoms with E-state index >= 15 is 0 Å². The monoisotopic (exact) mass is 400 g/mol. The molecule has 0 aliphatic carbocycles. The molecule has 0 saturated carbocycles. The molecule has 1 aliphatic rings. The number of hydrogen-bond donors (Lipinski definition) is 1. The van der Waals surface area contributed by atoms with Crippen molar-refractivity contribution in [2.45, 2.75) is 13.0 Å². The van der Waals surface area contributed by atoms with E-state index in [4.69, 9.17) is 4.74 Å². The molecule has 5 nitrogen and oxygen atoms in total. The lowest BCUT2D eigenvalue weighted by atomic mass is 10.2. The maximum atomic E-state index is 12.8. The number of nitrogens with zero attached hydrogens (tertiary/aromatic N) is 1. The lowest BCUT2D eigenvalue weighted by Gasteiger charge is -2.22. The first-order valence-electron chi connectivity index (χ1n) is 7.76. The van der Waals surface area contributed by atoms with Crippen LogP contribution >= 0.6 is 15.9 Å². The summed E-state index contributed by atoms with van der Waals surface area (Å²) in [7, 11) is 1.33. The van der Waals surface area contributed by atoms with Crippen molar-refractivity contribution in [3.05, 3.63) is 70.3 Å². The molecule has 0 bridgehead atoms. The first-order valence-corrected chi connectivity index (χ1v) is 8.55. The standard InChI is InChI=1S/C19H17BrN2O3/c1-25-19(24)11-15-10-18(23)22(12-13-6-8-14(20)9-7-13)17-5-3-2-4-16(17)21-15/h2-10,21H,11-12H2,1H3. The number of halogens is 1. The van der Waals surface area contributed by atoms with E-state index in [1.807, 2.05) is 48.5 Å². The zero-order valence-electron chi connectivity index (χ0n) is 13.7. The number of rotatable bonds is 4. The summed E-state index contributed by atoms with van der Waals surface area (Å²) in [6, 6.07) is 15.4. The number of methoxy groups -OCH3 is 1. The fourth-order valence-corrected chi connectivity index (χ4v) is 2.89. The molecule has 3 rings (SSSR count). The molecule has 0 atom stereocenters. The normalized spacial score (nSPS) is 13.4. The number of amides is 1. The van der Waals surface area contributed by atoms with E-state index in [1.54, 1.807) is 4.90 Å². The van der Waals surface area contributed by atoms with Crippen molar-refractivity contribution in [3.63, 3.8) is 0 Å². The minimum Gasteiger partial charge on any atom is -0.469 e. The third-order valence-electron chi connectivity index (χ3n) is 3.87. The molecule has 2 aromatic rings. The molecule has 0 radical (unpaired) electrons. The van der Waals surface area contributed by atoms with E-state index < -0.39 is 5.97 Å². The highest BCUT2D eigenvalue weighted by Gasteiger charge is 2.23. The number of nitrogens with one attached hydrogen (secondary N) is 1. The molecule has 0 spiro atoms. The van der Waals surface area contributed by atoms with Gasteiger partial charge in [-0.25, -0.2) is 0 Å². The van der Waals surface area contributed by atoms with Crippen LogP contribution in [-0.2, 0) is 20.9 Å². The van der Waals surface area contributed by atoms with Gasteiger partial charge in [0.1, 0.15) is 0 Å². The lowest BCUT2D eigenvalue weighted by Crippen LogP contribution is -2.28. The molecule has 25 heavy (non-hydrogen) atoms. The SMILES string of the molecule is COC(=O)CC1=CC(=O)N(Cc2ccc(Br)cc2)c2ccccc2N1. The maximum Gasteiger partial charge on any atom is 0.311 e. The van der Waals surface area contributed by atoms with Gasteiger partial charge in [-0.05, 0) is 29.8 Å². The molecule has 0 saturated heterocycles. The van der Waals surface area contributed by atoms with E-state index in [-0.39, 0.29) is 12.3 Å². The first kappa shape index (κ1) is 17.2. The number of carbonyl (C=O) groups excluding carboxylic acids is 2. The highest BCUT2D eigenvalue weighted by Crippen LogP contribution is 2.31. The summed E-state index contributed by atoms with van der Waals surface area (Å²) in [5.74, 6) is -0.579. The molecule has 0 fully saturated rings. The summed E-state index contributed by atoms with van der Waals surface area (Å²) in [5, 5.41) is 3.17. The van der Waals surface area contributed by atoms with Crippen LogP contribution in [0.1, 0.15) is 12.0 Å². The Morgan fingerprint density at radius 2 is 1.88 bits per heavy atom. The molecule has 128 valence electrons. The van der Waals surface area contributed by atoms with Crippen LogP contribution in [-0.4, -0.2) is 19.0 Å². The van der Waals surface area contributed by atoms with Gasteiger partial charge in [-0.2, -0.15) is 0 Å². The van der Waals surface area contributed by atoms with Gasteiger partial charge < -0.3 is 15.0 Å². The van der Waals surface area contributed by atoms with Crippen molar-refractivity contribution in [1.82, 2.24) is 0 Å². The number of hydrogen-bond acceptors (Lipinski definition) is 4. The molecule has 1 aliphatic heterocycles. The van der Waals surface area contributed by atoms with Crippen LogP contribution < -0.4 is 10.2 Å². The summed E-state index contributed by atoms with van der Waals surface area (Å²) in [5.41, 5.74) is 3.07. The second kappa shape index (κ2) is 7.53. The Labute approximate surface area is 154 Å². The van der Waals surface area contributed by atoms with Crippen molar-refractivity contribution in [3.8, 4) is 0 Å². The molecule has 0 unspecified atom stereocenters. The van der Waals surface area contributed by atoms with Gasteiger partial charge in [0.05, 0.1) is 31.5 Å². The quantitative estimate of drug-likeness (QED) is 0.791. The van der Waals surface area contributed by atoms with E-state index in [0.29, 0.717) is 12.2 Å². The largest absolute Gasteiger partial charge is 0.469 e. The van der Waals surface area contributed by atoms with Gasteiger partial charge in [0.2, 0.25) is 0 Å². The zero-order chi connectivity index (χ0) is 17.8.